The van der Waals surface area contributed by atoms with E-state index in [-0.39, 0.29) is 5.69 Å². The molecule has 1 atom stereocenters. The number of rotatable bonds is 7. The highest BCUT2D eigenvalue weighted by Gasteiger charge is 2.25. The molecule has 0 aliphatic heterocycles. The predicted molar refractivity (Wildman–Crippen MR) is 71.3 cm³/mol. The molecule has 1 aromatic heterocycles. The van der Waals surface area contributed by atoms with E-state index in [0.717, 1.165) is 0 Å². The maximum Gasteiger partial charge on any atom is 0.333 e. The van der Waals surface area contributed by atoms with E-state index in [1.807, 2.05) is 13.8 Å². The summed E-state index contributed by atoms with van der Waals surface area (Å²) >= 11 is 0. The molecule has 0 bridgehead atoms. The predicted octanol–water partition coefficient (Wildman–Crippen LogP) is 1.07. The third-order valence-corrected chi connectivity index (χ3v) is 3.86. The SMILES string of the molecule is CCc1nn(C)c(NCCS(=O)CC)c1[N+](=O)[O-]. The molecule has 0 saturated heterocycles. The third-order valence-electron chi connectivity index (χ3n) is 2.55. The van der Waals surface area contributed by atoms with Gasteiger partial charge in [0.05, 0.1) is 4.92 Å². The van der Waals surface area contributed by atoms with Gasteiger partial charge in [-0.1, -0.05) is 13.8 Å². The molecule has 1 rings (SSSR count). The Hall–Kier alpha value is -1.44. The molecule has 0 aliphatic carbocycles. The molecule has 102 valence electrons. The van der Waals surface area contributed by atoms with Crippen LogP contribution < -0.4 is 5.32 Å². The molecule has 8 heteroatoms. The summed E-state index contributed by atoms with van der Waals surface area (Å²) in [6, 6.07) is 0. The maximum absolute atomic E-state index is 11.3. The van der Waals surface area contributed by atoms with Gasteiger partial charge in [0.1, 0.15) is 5.69 Å². The van der Waals surface area contributed by atoms with Crippen LogP contribution in [0.1, 0.15) is 19.5 Å². The van der Waals surface area contributed by atoms with Gasteiger partial charge in [-0.15, -0.1) is 0 Å². The van der Waals surface area contributed by atoms with Crippen LogP contribution in [-0.4, -0.2) is 37.0 Å². The number of hydrogen-bond donors (Lipinski definition) is 1. The summed E-state index contributed by atoms with van der Waals surface area (Å²) < 4.78 is 12.7. The molecule has 1 aromatic rings. The van der Waals surface area contributed by atoms with E-state index in [9.17, 15) is 14.3 Å². The van der Waals surface area contributed by atoms with Crippen molar-refractivity contribution in [3.63, 3.8) is 0 Å². The van der Waals surface area contributed by atoms with E-state index in [0.29, 0.717) is 36.0 Å². The first kappa shape index (κ1) is 14.6. The minimum atomic E-state index is -0.882. The molecule has 1 unspecified atom stereocenters. The summed E-state index contributed by atoms with van der Waals surface area (Å²) in [5.41, 5.74) is 0.476. The molecule has 0 amide bonds. The fourth-order valence-corrected chi connectivity index (χ4v) is 2.24. The van der Waals surface area contributed by atoms with Crippen LogP contribution in [0.4, 0.5) is 11.5 Å². The maximum atomic E-state index is 11.3. The molecule has 0 saturated carbocycles. The van der Waals surface area contributed by atoms with Gasteiger partial charge in [0, 0.05) is 35.9 Å². The van der Waals surface area contributed by atoms with Gasteiger partial charge in [-0.2, -0.15) is 5.10 Å². The first-order valence-corrected chi connectivity index (χ1v) is 7.29. The first-order chi connectivity index (χ1) is 8.51. The van der Waals surface area contributed by atoms with Gasteiger partial charge in [-0.25, -0.2) is 4.68 Å². The van der Waals surface area contributed by atoms with E-state index in [1.54, 1.807) is 7.05 Å². The van der Waals surface area contributed by atoms with Gasteiger partial charge in [0.15, 0.2) is 0 Å². The lowest BCUT2D eigenvalue weighted by molar-refractivity contribution is -0.384. The van der Waals surface area contributed by atoms with Gasteiger partial charge in [-0.05, 0) is 6.42 Å². The molecule has 0 aliphatic rings. The molecule has 0 spiro atoms. The van der Waals surface area contributed by atoms with Crippen molar-refractivity contribution in [1.82, 2.24) is 9.78 Å². The summed E-state index contributed by atoms with van der Waals surface area (Å²) in [5, 5.41) is 18.1. The topological polar surface area (TPSA) is 90.1 Å². The van der Waals surface area contributed by atoms with E-state index < -0.39 is 15.7 Å². The second kappa shape index (κ2) is 6.48. The van der Waals surface area contributed by atoms with Crippen LogP contribution >= 0.6 is 0 Å². The van der Waals surface area contributed by atoms with Crippen LogP contribution in [0.2, 0.25) is 0 Å². The Kier molecular flexibility index (Phi) is 5.26. The molecule has 18 heavy (non-hydrogen) atoms. The molecule has 0 fully saturated rings. The Labute approximate surface area is 108 Å². The first-order valence-electron chi connectivity index (χ1n) is 5.80. The van der Waals surface area contributed by atoms with Crippen LogP contribution in [0, 0.1) is 10.1 Å². The monoisotopic (exact) mass is 274 g/mol. The molecule has 7 nitrogen and oxygen atoms in total. The summed E-state index contributed by atoms with van der Waals surface area (Å²) in [5.74, 6) is 1.44. The lowest BCUT2D eigenvalue weighted by Crippen LogP contribution is -2.14. The summed E-state index contributed by atoms with van der Waals surface area (Å²) in [7, 11) is 0.776. The Morgan fingerprint density at radius 3 is 2.67 bits per heavy atom. The number of hydrogen-bond acceptors (Lipinski definition) is 5. The average Bonchev–Trinajstić information content (AvgIpc) is 2.66. The number of anilines is 1. The number of nitrogens with one attached hydrogen (secondary N) is 1. The van der Waals surface area contributed by atoms with Crippen molar-refractivity contribution >= 4 is 22.3 Å². The van der Waals surface area contributed by atoms with Gasteiger partial charge in [0.2, 0.25) is 5.82 Å². The van der Waals surface area contributed by atoms with Crippen molar-refractivity contribution in [3.8, 4) is 0 Å². The summed E-state index contributed by atoms with van der Waals surface area (Å²) in [6.07, 6.45) is 0.507. The highest BCUT2D eigenvalue weighted by Crippen LogP contribution is 2.28. The molecular formula is C10H18N4O3S. The minimum Gasteiger partial charge on any atom is -0.364 e. The average molecular weight is 274 g/mol. The summed E-state index contributed by atoms with van der Waals surface area (Å²) in [4.78, 5) is 10.6. The van der Waals surface area contributed by atoms with Crippen LogP contribution in [0.25, 0.3) is 0 Å². The van der Waals surface area contributed by atoms with Crippen LogP contribution in [0.5, 0.6) is 0 Å². The second-order valence-corrected chi connectivity index (χ2v) is 5.60. The van der Waals surface area contributed by atoms with E-state index in [4.69, 9.17) is 0 Å². The van der Waals surface area contributed by atoms with Crippen LogP contribution in [-0.2, 0) is 24.3 Å². The Balaban J connectivity index is 2.84. The second-order valence-electron chi connectivity index (χ2n) is 3.74. The quantitative estimate of drug-likeness (QED) is 0.593. The van der Waals surface area contributed by atoms with Gasteiger partial charge in [0.25, 0.3) is 0 Å². The van der Waals surface area contributed by atoms with Crippen molar-refractivity contribution in [3.05, 3.63) is 15.8 Å². The molecule has 0 radical (unpaired) electrons. The fourth-order valence-electron chi connectivity index (χ4n) is 1.62. The van der Waals surface area contributed by atoms with Crippen molar-refractivity contribution < 1.29 is 9.13 Å². The Morgan fingerprint density at radius 2 is 2.17 bits per heavy atom. The number of aromatic nitrogens is 2. The minimum absolute atomic E-state index is 0.0160. The largest absolute Gasteiger partial charge is 0.364 e. The smallest absolute Gasteiger partial charge is 0.333 e. The third kappa shape index (κ3) is 3.28. The Bertz CT molecular complexity index is 458. The zero-order chi connectivity index (χ0) is 13.7. The van der Waals surface area contributed by atoms with E-state index in [2.05, 4.69) is 10.4 Å². The van der Waals surface area contributed by atoms with Crippen molar-refractivity contribution in [1.29, 1.82) is 0 Å². The molecule has 0 aromatic carbocycles. The number of nitro groups is 1. The van der Waals surface area contributed by atoms with Gasteiger partial charge in [-0.3, -0.25) is 14.3 Å². The molecule has 1 heterocycles. The Morgan fingerprint density at radius 1 is 1.50 bits per heavy atom. The highest BCUT2D eigenvalue weighted by molar-refractivity contribution is 7.84. The van der Waals surface area contributed by atoms with Crippen LogP contribution in [0.15, 0.2) is 0 Å². The lowest BCUT2D eigenvalue weighted by atomic mass is 10.3. The van der Waals surface area contributed by atoms with E-state index in [1.165, 1.54) is 4.68 Å². The molecule has 1 N–H and O–H groups in total. The standard InChI is InChI=1S/C10H18N4O3S/c1-4-8-9(14(15)16)10(13(3)12-8)11-6-7-18(17)5-2/h11H,4-7H2,1-3H3. The number of nitrogens with zero attached hydrogens (tertiary/aromatic N) is 3. The van der Waals surface area contributed by atoms with Gasteiger partial charge < -0.3 is 5.32 Å². The lowest BCUT2D eigenvalue weighted by Gasteiger charge is -2.05. The molecular weight excluding hydrogens is 256 g/mol. The summed E-state index contributed by atoms with van der Waals surface area (Å²) in [6.45, 7) is 4.10. The van der Waals surface area contributed by atoms with Crippen molar-refractivity contribution in [2.45, 2.75) is 20.3 Å². The van der Waals surface area contributed by atoms with Crippen molar-refractivity contribution in [2.24, 2.45) is 7.05 Å². The van der Waals surface area contributed by atoms with Gasteiger partial charge >= 0.3 is 5.69 Å². The van der Waals surface area contributed by atoms with Crippen LogP contribution in [0.3, 0.4) is 0 Å². The number of aryl methyl sites for hydroxylation is 2. The van der Waals surface area contributed by atoms with E-state index >= 15 is 0 Å². The zero-order valence-corrected chi connectivity index (χ0v) is 11.6. The highest BCUT2D eigenvalue weighted by atomic mass is 32.2. The normalized spacial score (nSPS) is 12.4. The van der Waals surface area contributed by atoms with Crippen molar-refractivity contribution in [2.75, 3.05) is 23.4 Å². The zero-order valence-electron chi connectivity index (χ0n) is 10.8. The fraction of sp³-hybridized carbons (Fsp3) is 0.700.